The molecule has 3 aromatic rings. The van der Waals surface area contributed by atoms with E-state index in [-0.39, 0.29) is 28.5 Å². The van der Waals surface area contributed by atoms with Gasteiger partial charge in [-0.05, 0) is 35.1 Å². The highest BCUT2D eigenvalue weighted by molar-refractivity contribution is 8.15. The lowest BCUT2D eigenvalue weighted by Gasteiger charge is -2.20. The van der Waals surface area contributed by atoms with Gasteiger partial charge in [-0.2, -0.15) is 0 Å². The fourth-order valence-corrected chi connectivity index (χ4v) is 7.61. The SMILES string of the molecule is COC(=O)C(CSC(=O)C(CSC(=O)Cc1c(-c2ccc(Cl)cc2)c(-c2ccccc2)c2n1CC(C)(C)C2)NC(C)=O)NC(C)=O. The monoisotopic (exact) mass is 683 g/mol. The number of halogens is 1. The molecule has 0 bridgehead atoms. The van der Waals surface area contributed by atoms with Crippen molar-refractivity contribution in [1.29, 1.82) is 0 Å². The number of nitrogens with zero attached hydrogens (tertiary/aromatic N) is 1. The summed E-state index contributed by atoms with van der Waals surface area (Å²) in [4.78, 5) is 62.4. The number of fused-ring (bicyclic) bond motifs is 1. The largest absolute Gasteiger partial charge is 0.467 e. The highest BCUT2D eigenvalue weighted by Crippen LogP contribution is 2.47. The Balaban J connectivity index is 1.60. The summed E-state index contributed by atoms with van der Waals surface area (Å²) in [6.07, 6.45) is 0.958. The fraction of sp³-hybridized carbons (Fsp3) is 0.382. The van der Waals surface area contributed by atoms with Crippen LogP contribution in [0.2, 0.25) is 5.02 Å². The Hall–Kier alpha value is -3.54. The summed E-state index contributed by atoms with van der Waals surface area (Å²) in [6.45, 7) is 7.74. The molecule has 4 rings (SSSR count). The standard InChI is InChI=1S/C34H38ClN3O6S2/c1-20(39)36-25(32(42)44-5)17-46-33(43)26(37-21(2)40)18-45-29(41)15-27-30(23-11-13-24(35)14-12-23)31(22-9-7-6-8-10-22)28-16-34(3,4)19-38(27)28/h6-14,25-26H,15-19H2,1-5H3,(H,36,39)(H,37,40). The highest BCUT2D eigenvalue weighted by Gasteiger charge is 2.36. The van der Waals surface area contributed by atoms with Gasteiger partial charge in [0, 0.05) is 59.4 Å². The molecule has 2 N–H and O–H groups in total. The number of thioether (sulfide) groups is 2. The number of carbonyl (C=O) groups is 5. The zero-order chi connectivity index (χ0) is 33.6. The third kappa shape index (κ3) is 8.83. The fourth-order valence-electron chi connectivity index (χ4n) is 5.66. The van der Waals surface area contributed by atoms with Gasteiger partial charge >= 0.3 is 5.97 Å². The molecular formula is C34H38ClN3O6S2. The minimum atomic E-state index is -1.03. The van der Waals surface area contributed by atoms with E-state index in [2.05, 4.69) is 41.2 Å². The van der Waals surface area contributed by atoms with Crippen LogP contribution >= 0.6 is 35.1 Å². The average molecular weight is 684 g/mol. The van der Waals surface area contributed by atoms with Crippen molar-refractivity contribution in [2.45, 2.75) is 59.2 Å². The number of aromatic nitrogens is 1. The normalized spacial score (nSPS) is 14.6. The number of methoxy groups -OCH3 is 1. The van der Waals surface area contributed by atoms with Crippen molar-refractivity contribution in [3.63, 3.8) is 0 Å². The summed E-state index contributed by atoms with van der Waals surface area (Å²) in [5, 5.41) is 5.11. The number of ether oxygens (including phenoxy) is 1. The third-order valence-electron chi connectivity index (χ3n) is 7.55. The van der Waals surface area contributed by atoms with Crippen LogP contribution in [0.3, 0.4) is 0 Å². The first-order valence-electron chi connectivity index (χ1n) is 14.8. The van der Waals surface area contributed by atoms with E-state index in [1.165, 1.54) is 26.7 Å². The van der Waals surface area contributed by atoms with Gasteiger partial charge in [0.2, 0.25) is 16.9 Å². The van der Waals surface area contributed by atoms with Gasteiger partial charge in [0.05, 0.1) is 13.5 Å². The third-order valence-corrected chi connectivity index (χ3v) is 9.83. The second-order valence-electron chi connectivity index (χ2n) is 12.0. The van der Waals surface area contributed by atoms with Crippen LogP contribution in [-0.2, 0) is 48.1 Å². The van der Waals surface area contributed by atoms with Crippen LogP contribution in [0.1, 0.15) is 39.1 Å². The molecule has 0 spiro atoms. The zero-order valence-electron chi connectivity index (χ0n) is 26.5. The number of esters is 1. The van der Waals surface area contributed by atoms with Crippen LogP contribution in [0.25, 0.3) is 22.3 Å². The van der Waals surface area contributed by atoms with Crippen LogP contribution in [0, 0.1) is 5.41 Å². The summed E-state index contributed by atoms with van der Waals surface area (Å²) >= 11 is 8.01. The minimum Gasteiger partial charge on any atom is -0.467 e. The van der Waals surface area contributed by atoms with Crippen LogP contribution in [0.15, 0.2) is 54.6 Å². The topological polar surface area (TPSA) is 124 Å². The maximum absolute atomic E-state index is 13.7. The Labute approximate surface area is 282 Å². The predicted molar refractivity (Wildman–Crippen MR) is 184 cm³/mol. The first-order valence-corrected chi connectivity index (χ1v) is 17.1. The summed E-state index contributed by atoms with van der Waals surface area (Å²) in [7, 11) is 1.19. The van der Waals surface area contributed by atoms with Crippen molar-refractivity contribution >= 4 is 63.1 Å². The molecule has 1 aliphatic heterocycles. The van der Waals surface area contributed by atoms with Crippen LogP contribution in [0.4, 0.5) is 0 Å². The van der Waals surface area contributed by atoms with E-state index in [4.69, 9.17) is 16.3 Å². The summed E-state index contributed by atoms with van der Waals surface area (Å²) < 4.78 is 6.99. The van der Waals surface area contributed by atoms with Crippen LogP contribution < -0.4 is 10.6 Å². The van der Waals surface area contributed by atoms with E-state index in [1.807, 2.05) is 42.5 Å². The first-order chi connectivity index (χ1) is 21.8. The zero-order valence-corrected chi connectivity index (χ0v) is 28.9. The molecule has 2 unspecified atom stereocenters. The molecule has 1 aromatic heterocycles. The molecule has 0 saturated heterocycles. The molecular weight excluding hydrogens is 646 g/mol. The Morgan fingerprint density at radius 3 is 2.07 bits per heavy atom. The van der Waals surface area contributed by atoms with Gasteiger partial charge < -0.3 is 19.9 Å². The van der Waals surface area contributed by atoms with Crippen LogP contribution in [0.5, 0.6) is 0 Å². The van der Waals surface area contributed by atoms with Gasteiger partial charge in [0.15, 0.2) is 5.12 Å². The number of amides is 2. The van der Waals surface area contributed by atoms with Crippen molar-refractivity contribution in [3.05, 3.63) is 71.0 Å². The molecule has 244 valence electrons. The number of nitrogens with one attached hydrogen (secondary N) is 2. The minimum absolute atomic E-state index is 0.00177. The number of carbonyl (C=O) groups excluding carboxylic acids is 5. The number of rotatable bonds is 12. The van der Waals surface area contributed by atoms with E-state index in [0.29, 0.717) is 5.02 Å². The van der Waals surface area contributed by atoms with Gasteiger partial charge in [-0.25, -0.2) is 4.79 Å². The molecule has 46 heavy (non-hydrogen) atoms. The molecule has 12 heteroatoms. The Bertz CT molecular complexity index is 1620. The van der Waals surface area contributed by atoms with Gasteiger partial charge in [0.25, 0.3) is 0 Å². The van der Waals surface area contributed by atoms with E-state index in [9.17, 15) is 24.0 Å². The predicted octanol–water partition coefficient (Wildman–Crippen LogP) is 5.30. The molecule has 0 aliphatic carbocycles. The molecule has 0 radical (unpaired) electrons. The average Bonchev–Trinajstić information content (AvgIpc) is 3.47. The van der Waals surface area contributed by atoms with Crippen molar-refractivity contribution in [1.82, 2.24) is 15.2 Å². The molecule has 2 heterocycles. The molecule has 2 amide bonds. The van der Waals surface area contributed by atoms with Crippen molar-refractivity contribution in [2.24, 2.45) is 5.41 Å². The lowest BCUT2D eigenvalue weighted by atomic mass is 9.86. The maximum atomic E-state index is 13.7. The first kappa shape index (κ1) is 35.3. The summed E-state index contributed by atoms with van der Waals surface area (Å²) in [5.74, 6) is -1.64. The smallest absolute Gasteiger partial charge is 0.329 e. The summed E-state index contributed by atoms with van der Waals surface area (Å²) in [5.41, 5.74) is 6.18. The quantitative estimate of drug-likeness (QED) is 0.247. The van der Waals surface area contributed by atoms with Gasteiger partial charge in [-0.3, -0.25) is 19.2 Å². The lowest BCUT2D eigenvalue weighted by molar-refractivity contribution is -0.144. The number of benzene rings is 2. The summed E-state index contributed by atoms with van der Waals surface area (Å²) in [6, 6.07) is 15.8. The van der Waals surface area contributed by atoms with E-state index >= 15 is 0 Å². The van der Waals surface area contributed by atoms with Crippen molar-refractivity contribution in [3.8, 4) is 22.3 Å². The Morgan fingerprint density at radius 1 is 0.870 bits per heavy atom. The maximum Gasteiger partial charge on any atom is 0.329 e. The van der Waals surface area contributed by atoms with Gasteiger partial charge in [-0.1, -0.05) is 91.4 Å². The highest BCUT2D eigenvalue weighted by atomic mass is 35.5. The molecule has 2 aromatic carbocycles. The molecule has 0 saturated carbocycles. The molecule has 0 fully saturated rings. The Kier molecular flexibility index (Phi) is 11.8. The molecule has 9 nitrogen and oxygen atoms in total. The van der Waals surface area contributed by atoms with E-state index < -0.39 is 35.0 Å². The molecule has 1 aliphatic rings. The Morgan fingerprint density at radius 2 is 1.46 bits per heavy atom. The number of hydrogen-bond donors (Lipinski definition) is 2. The van der Waals surface area contributed by atoms with Gasteiger partial charge in [-0.15, -0.1) is 0 Å². The van der Waals surface area contributed by atoms with E-state index in [1.54, 1.807) is 0 Å². The van der Waals surface area contributed by atoms with Crippen molar-refractivity contribution < 1.29 is 28.7 Å². The lowest BCUT2D eigenvalue weighted by Crippen LogP contribution is -2.44. The van der Waals surface area contributed by atoms with Crippen molar-refractivity contribution in [2.75, 3.05) is 18.6 Å². The van der Waals surface area contributed by atoms with Gasteiger partial charge in [0.1, 0.15) is 12.1 Å². The second-order valence-corrected chi connectivity index (χ2v) is 14.5. The second kappa shape index (κ2) is 15.4. The molecule has 2 atom stereocenters. The number of hydrogen-bond acceptors (Lipinski definition) is 8. The van der Waals surface area contributed by atoms with Crippen LogP contribution in [-0.4, -0.2) is 63.3 Å². The van der Waals surface area contributed by atoms with E-state index in [0.717, 1.165) is 64.4 Å².